The number of carboxylic acids is 2. The number of rotatable bonds is 7. The molecule has 0 aromatic heterocycles. The van der Waals surface area contributed by atoms with E-state index in [0.29, 0.717) is 13.0 Å². The molecule has 1 rings (SSSR count). The minimum absolute atomic E-state index is 0.0499. The zero-order chi connectivity index (χ0) is 15.3. The third-order valence-electron chi connectivity index (χ3n) is 3.51. The number of guanidine groups is 1. The standard InChI is InChI=1S/C11H20N4O5/c12-11(13)14-5-1-2-6(9(17)18)15-7(10(19)20)3-4-8(15)16/h6-8,16H,1-5H2,(H,17,18)(H,19,20)(H4,12,13,14)/p+2/t6-,7+,8+/m0/s1. The van der Waals surface area contributed by atoms with Gasteiger partial charge in [-0.05, 0) is 6.42 Å². The Morgan fingerprint density at radius 3 is 2.45 bits per heavy atom. The molecule has 0 radical (unpaired) electrons. The van der Waals surface area contributed by atoms with Crippen LogP contribution >= 0.6 is 0 Å². The summed E-state index contributed by atoms with van der Waals surface area (Å²) in [5.41, 5.74) is 10.4. The fourth-order valence-electron chi connectivity index (χ4n) is 2.60. The number of aliphatic hydroxyl groups excluding tert-OH is 1. The topological polar surface area (TPSA) is 165 Å². The van der Waals surface area contributed by atoms with Crippen LogP contribution in [-0.4, -0.2) is 58.1 Å². The van der Waals surface area contributed by atoms with Gasteiger partial charge in [-0.1, -0.05) is 0 Å². The lowest BCUT2D eigenvalue weighted by Crippen LogP contribution is -3.22. The van der Waals surface area contributed by atoms with E-state index in [1.165, 1.54) is 0 Å². The van der Waals surface area contributed by atoms with Crippen molar-refractivity contribution >= 4 is 17.9 Å². The molecule has 0 bridgehead atoms. The van der Waals surface area contributed by atoms with Crippen molar-refractivity contribution in [3.63, 3.8) is 0 Å². The first-order chi connectivity index (χ1) is 9.34. The van der Waals surface area contributed by atoms with E-state index in [1.807, 2.05) is 0 Å². The molecule has 0 saturated carbocycles. The molecule has 9 heteroatoms. The Hall–Kier alpha value is -1.87. The second kappa shape index (κ2) is 7.06. The van der Waals surface area contributed by atoms with E-state index in [0.717, 1.165) is 0 Å². The highest BCUT2D eigenvalue weighted by atomic mass is 16.4. The summed E-state index contributed by atoms with van der Waals surface area (Å²) in [5.74, 6) is -2.15. The Morgan fingerprint density at radius 2 is 1.95 bits per heavy atom. The molecule has 0 aromatic rings. The first-order valence-electron chi connectivity index (χ1n) is 6.46. The number of likely N-dealkylation sites (tertiary alicyclic amines) is 1. The average Bonchev–Trinajstić information content (AvgIpc) is 2.70. The number of quaternary nitrogens is 1. The van der Waals surface area contributed by atoms with Gasteiger partial charge in [0.05, 0.1) is 6.54 Å². The molecule has 0 amide bonds. The van der Waals surface area contributed by atoms with Crippen molar-refractivity contribution in [3.8, 4) is 0 Å². The van der Waals surface area contributed by atoms with Gasteiger partial charge in [0.1, 0.15) is 0 Å². The number of nitrogens with two attached hydrogens (primary N) is 2. The largest absolute Gasteiger partial charge is 0.477 e. The van der Waals surface area contributed by atoms with Gasteiger partial charge in [-0.15, -0.1) is 0 Å². The van der Waals surface area contributed by atoms with Crippen LogP contribution in [0.3, 0.4) is 0 Å². The highest BCUT2D eigenvalue weighted by Crippen LogP contribution is 2.08. The Morgan fingerprint density at radius 1 is 1.30 bits per heavy atom. The Kier molecular flexibility index (Phi) is 5.71. The highest BCUT2D eigenvalue weighted by Gasteiger charge is 2.47. The maximum absolute atomic E-state index is 11.3. The van der Waals surface area contributed by atoms with Crippen LogP contribution in [0, 0.1) is 0 Å². The summed E-state index contributed by atoms with van der Waals surface area (Å²) in [7, 11) is 0. The van der Waals surface area contributed by atoms with Crippen LogP contribution in [0.4, 0.5) is 0 Å². The number of carbonyl (C=O) groups is 2. The minimum atomic E-state index is -1.11. The number of hydrogen-bond acceptors (Lipinski definition) is 3. The van der Waals surface area contributed by atoms with E-state index >= 15 is 0 Å². The van der Waals surface area contributed by atoms with Gasteiger partial charge >= 0.3 is 17.9 Å². The molecule has 1 aliphatic rings. The first-order valence-corrected chi connectivity index (χ1v) is 6.46. The molecule has 1 aliphatic heterocycles. The highest BCUT2D eigenvalue weighted by molar-refractivity contribution is 5.74. The van der Waals surface area contributed by atoms with E-state index in [9.17, 15) is 19.8 Å². The van der Waals surface area contributed by atoms with Crippen LogP contribution in [0.15, 0.2) is 0 Å². The molecule has 20 heavy (non-hydrogen) atoms. The second-order valence-corrected chi connectivity index (χ2v) is 4.90. The maximum Gasteiger partial charge on any atom is 0.362 e. The van der Waals surface area contributed by atoms with Crippen molar-refractivity contribution in [3.05, 3.63) is 0 Å². The van der Waals surface area contributed by atoms with Gasteiger partial charge in [0.15, 0.2) is 18.3 Å². The van der Waals surface area contributed by atoms with Gasteiger partial charge in [0, 0.05) is 19.3 Å². The normalized spacial score (nSPS) is 26.9. The van der Waals surface area contributed by atoms with Crippen LogP contribution in [-0.2, 0) is 9.59 Å². The fourth-order valence-corrected chi connectivity index (χ4v) is 2.60. The van der Waals surface area contributed by atoms with E-state index in [-0.39, 0.29) is 30.1 Å². The summed E-state index contributed by atoms with van der Waals surface area (Å²) >= 11 is 0. The summed E-state index contributed by atoms with van der Waals surface area (Å²) in [4.78, 5) is 25.3. The van der Waals surface area contributed by atoms with Gasteiger partial charge in [-0.25, -0.2) is 9.59 Å². The number of aliphatic hydroxyl groups is 1. The summed E-state index contributed by atoms with van der Waals surface area (Å²) in [6.45, 7) is 0.396. The number of nitrogens with one attached hydrogen (secondary N) is 2. The third kappa shape index (κ3) is 4.07. The van der Waals surface area contributed by atoms with Crippen molar-refractivity contribution in [2.45, 2.75) is 44.0 Å². The van der Waals surface area contributed by atoms with E-state index in [2.05, 4.69) is 4.99 Å². The maximum atomic E-state index is 11.3. The summed E-state index contributed by atoms with van der Waals surface area (Å²) in [5, 5.41) is 28.2. The van der Waals surface area contributed by atoms with Gasteiger partial charge in [0.25, 0.3) is 0 Å². The lowest BCUT2D eigenvalue weighted by molar-refractivity contribution is -0.964. The van der Waals surface area contributed by atoms with Crippen LogP contribution in [0.2, 0.25) is 0 Å². The number of aliphatic carboxylic acids is 2. The summed E-state index contributed by atoms with van der Waals surface area (Å²) < 4.78 is 0. The smallest absolute Gasteiger partial charge is 0.362 e. The predicted octanol–water partition coefficient (Wildman–Crippen LogP) is -4.98. The molecule has 1 heterocycles. The van der Waals surface area contributed by atoms with Gasteiger partial charge in [-0.2, -0.15) is 0 Å². The lowest BCUT2D eigenvalue weighted by Gasteiger charge is -2.27. The van der Waals surface area contributed by atoms with Gasteiger partial charge in [0.2, 0.25) is 0 Å². The molecule has 114 valence electrons. The van der Waals surface area contributed by atoms with Crippen molar-refractivity contribution in [1.29, 1.82) is 0 Å². The zero-order valence-electron chi connectivity index (χ0n) is 11.1. The quantitative estimate of drug-likeness (QED) is 0.140. The molecule has 9 nitrogen and oxygen atoms in total. The minimum Gasteiger partial charge on any atom is -0.477 e. The van der Waals surface area contributed by atoms with Crippen molar-refractivity contribution in [2.75, 3.05) is 6.54 Å². The average molecular weight is 290 g/mol. The Labute approximate surface area is 115 Å². The van der Waals surface area contributed by atoms with Crippen molar-refractivity contribution in [1.82, 2.24) is 0 Å². The van der Waals surface area contributed by atoms with Crippen LogP contribution in [0.1, 0.15) is 25.7 Å². The Bertz CT molecular complexity index is 396. The summed E-state index contributed by atoms with van der Waals surface area (Å²) in [6, 6.07) is -1.85. The Balaban J connectivity index is 2.71. The molecular weight excluding hydrogens is 268 g/mol. The molecule has 9 N–H and O–H groups in total. The SMILES string of the molecule is NC(N)=[NH+]CCC[C@@H](C(=O)O)[NH+]1[C@H](O)CC[C@@H]1C(=O)O. The fraction of sp³-hybridized carbons (Fsp3) is 0.727. The third-order valence-corrected chi connectivity index (χ3v) is 3.51. The van der Waals surface area contributed by atoms with Crippen LogP contribution < -0.4 is 21.4 Å². The van der Waals surface area contributed by atoms with Crippen LogP contribution in [0.5, 0.6) is 0 Å². The summed E-state index contributed by atoms with van der Waals surface area (Å²) in [6.07, 6.45) is 0.287. The van der Waals surface area contributed by atoms with E-state index < -0.39 is 30.3 Å². The van der Waals surface area contributed by atoms with Gasteiger partial charge in [-0.3, -0.25) is 21.4 Å². The molecule has 0 aromatic carbocycles. The van der Waals surface area contributed by atoms with Crippen LogP contribution in [0.25, 0.3) is 0 Å². The van der Waals surface area contributed by atoms with Crippen molar-refractivity contribution < 1.29 is 34.8 Å². The van der Waals surface area contributed by atoms with E-state index in [4.69, 9.17) is 16.6 Å². The molecule has 0 aliphatic carbocycles. The molecule has 0 spiro atoms. The zero-order valence-corrected chi connectivity index (χ0v) is 11.1. The molecule has 4 atom stereocenters. The first kappa shape index (κ1) is 16.2. The van der Waals surface area contributed by atoms with Gasteiger partial charge < -0.3 is 15.3 Å². The monoisotopic (exact) mass is 290 g/mol. The lowest BCUT2D eigenvalue weighted by atomic mass is 10.1. The van der Waals surface area contributed by atoms with Crippen molar-refractivity contribution in [2.24, 2.45) is 11.5 Å². The number of hydrogen-bond donors (Lipinski definition) is 7. The second-order valence-electron chi connectivity index (χ2n) is 4.90. The molecule has 1 saturated heterocycles. The number of carboxylic acid groups (broad SMARTS) is 2. The molecule has 1 fully saturated rings. The molecular formula is C11H22N4O5+2. The molecule has 1 unspecified atom stereocenters. The van der Waals surface area contributed by atoms with E-state index in [1.54, 1.807) is 0 Å². The predicted molar refractivity (Wildman–Crippen MR) is 67.5 cm³/mol.